The van der Waals surface area contributed by atoms with E-state index in [2.05, 4.69) is 13.8 Å². The summed E-state index contributed by atoms with van der Waals surface area (Å²) in [5, 5.41) is 10.4. The van der Waals surface area contributed by atoms with E-state index >= 15 is 0 Å². The van der Waals surface area contributed by atoms with Crippen LogP contribution in [0.15, 0.2) is 17.5 Å². The molecule has 1 fully saturated rings. The molecule has 21 heavy (non-hydrogen) atoms. The number of hydrogen-bond donors (Lipinski definition) is 1. The Labute approximate surface area is 129 Å². The normalized spacial score (nSPS) is 18.1. The van der Waals surface area contributed by atoms with Gasteiger partial charge in [-0.1, -0.05) is 20.3 Å². The maximum Gasteiger partial charge on any atom is 0.328 e. The number of nitrogens with zero attached hydrogens (tertiary/aromatic N) is 1. The van der Waals surface area contributed by atoms with E-state index in [0.29, 0.717) is 11.0 Å². The summed E-state index contributed by atoms with van der Waals surface area (Å²) in [5.74, 6) is -0.925. The number of carboxylic acids is 1. The molecule has 0 bridgehead atoms. The fourth-order valence-corrected chi connectivity index (χ4v) is 3.27. The second kappa shape index (κ2) is 6.43. The van der Waals surface area contributed by atoms with Gasteiger partial charge < -0.3 is 10.0 Å². The van der Waals surface area contributed by atoms with Crippen LogP contribution in [0.1, 0.15) is 48.3 Å². The fraction of sp³-hybridized carbons (Fsp3) is 0.500. The smallest absolute Gasteiger partial charge is 0.328 e. The number of hydrogen-bond acceptors (Lipinski definition) is 3. The average Bonchev–Trinajstić information content (AvgIpc) is 2.94. The van der Waals surface area contributed by atoms with E-state index in [0.717, 1.165) is 43.3 Å². The summed E-state index contributed by atoms with van der Waals surface area (Å²) in [6.07, 6.45) is 5.86. The molecule has 0 radical (unpaired) electrons. The summed E-state index contributed by atoms with van der Waals surface area (Å²) in [7, 11) is 0. The molecule has 1 N–H and O–H groups in total. The minimum atomic E-state index is -0.980. The van der Waals surface area contributed by atoms with E-state index in [4.69, 9.17) is 5.11 Å². The fourth-order valence-electron chi connectivity index (χ4n) is 2.49. The quantitative estimate of drug-likeness (QED) is 0.866. The highest BCUT2D eigenvalue weighted by atomic mass is 32.1. The van der Waals surface area contributed by atoms with Gasteiger partial charge >= 0.3 is 5.97 Å². The number of thiophene rings is 1. The van der Waals surface area contributed by atoms with E-state index in [-0.39, 0.29) is 5.91 Å². The van der Waals surface area contributed by atoms with Gasteiger partial charge in [-0.15, -0.1) is 11.3 Å². The molecule has 1 saturated heterocycles. The molecule has 0 aromatic carbocycles. The van der Waals surface area contributed by atoms with Gasteiger partial charge in [0.15, 0.2) is 0 Å². The van der Waals surface area contributed by atoms with Crippen LogP contribution in [0.4, 0.5) is 0 Å². The van der Waals surface area contributed by atoms with Crippen molar-refractivity contribution in [2.75, 3.05) is 13.1 Å². The van der Waals surface area contributed by atoms with Gasteiger partial charge in [0, 0.05) is 29.4 Å². The molecule has 114 valence electrons. The van der Waals surface area contributed by atoms with E-state index < -0.39 is 5.97 Å². The van der Waals surface area contributed by atoms with E-state index in [9.17, 15) is 9.59 Å². The van der Waals surface area contributed by atoms with Crippen LogP contribution in [0.3, 0.4) is 0 Å². The molecule has 0 unspecified atom stereocenters. The number of carbonyl (C=O) groups is 2. The molecule has 0 atom stereocenters. The topological polar surface area (TPSA) is 57.6 Å². The Morgan fingerprint density at radius 2 is 2.10 bits per heavy atom. The Kier molecular flexibility index (Phi) is 4.83. The highest BCUT2D eigenvalue weighted by Crippen LogP contribution is 2.34. The lowest BCUT2D eigenvalue weighted by Gasteiger charge is -2.38. The second-order valence-corrected chi connectivity index (χ2v) is 6.81. The molecule has 2 heterocycles. The highest BCUT2D eigenvalue weighted by molar-refractivity contribution is 7.11. The van der Waals surface area contributed by atoms with Crippen molar-refractivity contribution in [2.24, 2.45) is 5.41 Å². The lowest BCUT2D eigenvalue weighted by Crippen LogP contribution is -2.41. The first-order chi connectivity index (χ1) is 9.93. The van der Waals surface area contributed by atoms with E-state index in [1.165, 1.54) is 17.4 Å². The first-order valence-corrected chi connectivity index (χ1v) is 8.10. The number of likely N-dealkylation sites (tertiary alicyclic amines) is 1. The molecular weight excluding hydrogens is 286 g/mol. The van der Waals surface area contributed by atoms with Gasteiger partial charge in [0.2, 0.25) is 0 Å². The van der Waals surface area contributed by atoms with Crippen molar-refractivity contribution in [3.05, 3.63) is 28.0 Å². The Balaban J connectivity index is 2.00. The minimum absolute atomic E-state index is 0.0550. The zero-order chi connectivity index (χ0) is 15.5. The molecule has 2 rings (SSSR count). The van der Waals surface area contributed by atoms with Crippen molar-refractivity contribution >= 4 is 29.3 Å². The van der Waals surface area contributed by atoms with Gasteiger partial charge in [-0.05, 0) is 30.4 Å². The highest BCUT2D eigenvalue weighted by Gasteiger charge is 2.30. The van der Waals surface area contributed by atoms with Crippen molar-refractivity contribution in [2.45, 2.75) is 33.1 Å². The van der Waals surface area contributed by atoms with Crippen LogP contribution < -0.4 is 0 Å². The van der Waals surface area contributed by atoms with Gasteiger partial charge in [0.05, 0.1) is 5.56 Å². The number of piperidine rings is 1. The van der Waals surface area contributed by atoms with Crippen LogP contribution in [-0.4, -0.2) is 35.0 Å². The van der Waals surface area contributed by atoms with Gasteiger partial charge in [0.1, 0.15) is 0 Å². The van der Waals surface area contributed by atoms with Gasteiger partial charge in [0.25, 0.3) is 5.91 Å². The number of carboxylic acid groups (broad SMARTS) is 1. The van der Waals surface area contributed by atoms with Crippen LogP contribution in [0.5, 0.6) is 0 Å². The Bertz CT molecular complexity index is 554. The molecule has 0 saturated carbocycles. The maximum atomic E-state index is 12.4. The molecule has 1 aliphatic rings. The summed E-state index contributed by atoms with van der Waals surface area (Å²) < 4.78 is 0. The molecule has 1 aliphatic heterocycles. The van der Waals surface area contributed by atoms with Crippen LogP contribution in [0.2, 0.25) is 0 Å². The van der Waals surface area contributed by atoms with Crippen molar-refractivity contribution in [3.8, 4) is 0 Å². The van der Waals surface area contributed by atoms with Crippen LogP contribution in [0, 0.1) is 5.41 Å². The predicted octanol–water partition coefficient (Wildman–Crippen LogP) is 3.50. The molecule has 1 aromatic rings. The van der Waals surface area contributed by atoms with Gasteiger partial charge in [-0.25, -0.2) is 4.79 Å². The molecule has 5 heteroatoms. The summed E-state index contributed by atoms with van der Waals surface area (Å²) in [6.45, 7) is 6.10. The Morgan fingerprint density at radius 3 is 2.67 bits per heavy atom. The Hall–Kier alpha value is -1.62. The third-order valence-electron chi connectivity index (χ3n) is 4.37. The second-order valence-electron chi connectivity index (χ2n) is 5.87. The molecule has 1 amide bonds. The monoisotopic (exact) mass is 307 g/mol. The molecule has 1 aromatic heterocycles. The number of amides is 1. The third kappa shape index (κ3) is 3.94. The summed E-state index contributed by atoms with van der Waals surface area (Å²) >= 11 is 1.39. The number of aliphatic carboxylic acids is 1. The summed E-state index contributed by atoms with van der Waals surface area (Å²) in [5.41, 5.74) is 1.02. The summed E-state index contributed by atoms with van der Waals surface area (Å²) in [6, 6.07) is 1.76. The first-order valence-electron chi connectivity index (χ1n) is 7.22. The largest absolute Gasteiger partial charge is 0.478 e. The van der Waals surface area contributed by atoms with Gasteiger partial charge in [-0.2, -0.15) is 0 Å². The minimum Gasteiger partial charge on any atom is -0.478 e. The molecule has 0 aliphatic carbocycles. The molecular formula is C16H21NO3S. The van der Waals surface area contributed by atoms with Crippen molar-refractivity contribution in [1.29, 1.82) is 0 Å². The standard InChI is InChI=1S/C16H21NO3S/c1-3-16(2)6-8-17(9-7-16)15(20)12-10-13(21-11-12)4-5-14(18)19/h4-5,10-11H,3,6-9H2,1-2H3,(H,18,19). The van der Waals surface area contributed by atoms with Crippen molar-refractivity contribution < 1.29 is 14.7 Å². The predicted molar refractivity (Wildman–Crippen MR) is 84.5 cm³/mol. The average molecular weight is 307 g/mol. The van der Waals surface area contributed by atoms with Crippen molar-refractivity contribution in [1.82, 2.24) is 4.90 Å². The zero-order valence-corrected chi connectivity index (χ0v) is 13.3. The lowest BCUT2D eigenvalue weighted by atomic mass is 9.78. The SMILES string of the molecule is CCC1(C)CCN(C(=O)c2csc(C=CC(=O)O)c2)CC1. The van der Waals surface area contributed by atoms with Crippen LogP contribution in [0.25, 0.3) is 6.08 Å². The van der Waals surface area contributed by atoms with Gasteiger partial charge in [-0.3, -0.25) is 4.79 Å². The Morgan fingerprint density at radius 1 is 1.43 bits per heavy atom. The maximum absolute atomic E-state index is 12.4. The summed E-state index contributed by atoms with van der Waals surface area (Å²) in [4.78, 5) is 25.6. The van der Waals surface area contributed by atoms with E-state index in [1.807, 2.05) is 4.90 Å². The number of rotatable bonds is 4. The lowest BCUT2D eigenvalue weighted by molar-refractivity contribution is -0.131. The molecule has 4 nitrogen and oxygen atoms in total. The molecule has 0 spiro atoms. The van der Waals surface area contributed by atoms with Crippen molar-refractivity contribution in [3.63, 3.8) is 0 Å². The van der Waals surface area contributed by atoms with E-state index in [1.54, 1.807) is 11.4 Å². The van der Waals surface area contributed by atoms with Crippen LogP contribution >= 0.6 is 11.3 Å². The van der Waals surface area contributed by atoms with Crippen LogP contribution in [-0.2, 0) is 4.79 Å². The zero-order valence-electron chi connectivity index (χ0n) is 12.5. The third-order valence-corrected chi connectivity index (χ3v) is 5.27. The number of carbonyl (C=O) groups excluding carboxylic acids is 1. The first kappa shape index (κ1) is 15.8.